The van der Waals surface area contributed by atoms with Crippen molar-refractivity contribution in [3.8, 4) is 11.5 Å². The largest absolute Gasteiger partial charge is 0.495 e. The third kappa shape index (κ3) is 4.67. The van der Waals surface area contributed by atoms with Gasteiger partial charge in [-0.1, -0.05) is 24.3 Å². The molecule has 6 heteroatoms. The lowest BCUT2D eigenvalue weighted by Crippen LogP contribution is -2.12. The minimum Gasteiger partial charge on any atom is -0.495 e. The number of hydrogen-bond acceptors (Lipinski definition) is 4. The summed E-state index contributed by atoms with van der Waals surface area (Å²) >= 11 is 0. The first-order chi connectivity index (χ1) is 13.6. The van der Waals surface area contributed by atoms with Gasteiger partial charge in [0.2, 0.25) is 0 Å². The fraction of sp³-hybridized carbons (Fsp3) is 0.0909. The molecule has 0 bridgehead atoms. The predicted octanol–water partition coefficient (Wildman–Crippen LogP) is 4.22. The van der Waals surface area contributed by atoms with Gasteiger partial charge < -0.3 is 19.9 Å². The number of aromatic carboxylic acids is 1. The maximum Gasteiger partial charge on any atom is 0.335 e. The van der Waals surface area contributed by atoms with Crippen LogP contribution in [0.5, 0.6) is 11.5 Å². The molecule has 3 rings (SSSR count). The maximum absolute atomic E-state index is 12.4. The molecule has 0 radical (unpaired) electrons. The average molecular weight is 377 g/mol. The van der Waals surface area contributed by atoms with Crippen LogP contribution >= 0.6 is 0 Å². The zero-order valence-electron chi connectivity index (χ0n) is 15.2. The molecule has 0 aliphatic carbocycles. The number of rotatable bonds is 7. The van der Waals surface area contributed by atoms with Gasteiger partial charge in [-0.25, -0.2) is 4.79 Å². The molecule has 2 N–H and O–H groups in total. The Morgan fingerprint density at radius 1 is 0.929 bits per heavy atom. The monoisotopic (exact) mass is 377 g/mol. The lowest BCUT2D eigenvalue weighted by atomic mass is 10.1. The molecule has 142 valence electrons. The standard InChI is InChI=1S/C22H19NO5/c1-27-20-8-3-2-7-19(20)23-21(24)16-9-11-18(12-10-16)28-14-15-5-4-6-17(13-15)22(25)26/h2-13H,14H2,1H3,(H,23,24)(H,25,26). The van der Waals surface area contributed by atoms with Gasteiger partial charge in [0.1, 0.15) is 18.1 Å². The van der Waals surface area contributed by atoms with Crippen molar-refractivity contribution < 1.29 is 24.2 Å². The fourth-order valence-corrected chi connectivity index (χ4v) is 2.61. The Balaban J connectivity index is 1.62. The van der Waals surface area contributed by atoms with Crippen molar-refractivity contribution in [1.82, 2.24) is 0 Å². The van der Waals surface area contributed by atoms with E-state index in [1.165, 1.54) is 6.07 Å². The van der Waals surface area contributed by atoms with Crippen molar-refractivity contribution in [1.29, 1.82) is 0 Å². The number of anilines is 1. The van der Waals surface area contributed by atoms with Crippen LogP contribution in [0.4, 0.5) is 5.69 Å². The van der Waals surface area contributed by atoms with Crippen LogP contribution in [0.25, 0.3) is 0 Å². The van der Waals surface area contributed by atoms with Crippen molar-refractivity contribution in [2.45, 2.75) is 6.61 Å². The van der Waals surface area contributed by atoms with E-state index in [1.54, 1.807) is 61.7 Å². The first kappa shape index (κ1) is 19.0. The Labute approximate surface area is 162 Å². The molecular formula is C22H19NO5. The smallest absolute Gasteiger partial charge is 0.335 e. The van der Waals surface area contributed by atoms with E-state index in [9.17, 15) is 9.59 Å². The highest BCUT2D eigenvalue weighted by molar-refractivity contribution is 6.05. The third-order valence-electron chi connectivity index (χ3n) is 4.05. The number of para-hydroxylation sites is 2. The van der Waals surface area contributed by atoms with Gasteiger partial charge >= 0.3 is 5.97 Å². The lowest BCUT2D eigenvalue weighted by Gasteiger charge is -2.10. The summed E-state index contributed by atoms with van der Waals surface area (Å²) in [5.74, 6) is -0.0774. The third-order valence-corrected chi connectivity index (χ3v) is 4.05. The van der Waals surface area contributed by atoms with Gasteiger partial charge in [-0.05, 0) is 54.1 Å². The quantitative estimate of drug-likeness (QED) is 0.644. The van der Waals surface area contributed by atoms with Crippen LogP contribution in [-0.2, 0) is 6.61 Å². The lowest BCUT2D eigenvalue weighted by molar-refractivity contribution is 0.0696. The maximum atomic E-state index is 12.4. The van der Waals surface area contributed by atoms with Crippen LogP contribution < -0.4 is 14.8 Å². The van der Waals surface area contributed by atoms with E-state index in [4.69, 9.17) is 14.6 Å². The normalized spacial score (nSPS) is 10.2. The van der Waals surface area contributed by atoms with E-state index >= 15 is 0 Å². The molecule has 0 spiro atoms. The molecule has 0 fully saturated rings. The second-order valence-corrected chi connectivity index (χ2v) is 5.97. The Morgan fingerprint density at radius 2 is 1.68 bits per heavy atom. The molecular weight excluding hydrogens is 358 g/mol. The van der Waals surface area contributed by atoms with Crippen LogP contribution in [0.1, 0.15) is 26.3 Å². The Bertz CT molecular complexity index is 982. The molecule has 6 nitrogen and oxygen atoms in total. The van der Waals surface area contributed by atoms with E-state index in [0.29, 0.717) is 22.7 Å². The minimum absolute atomic E-state index is 0.212. The molecule has 0 heterocycles. The molecule has 3 aromatic rings. The van der Waals surface area contributed by atoms with E-state index in [0.717, 1.165) is 5.56 Å². The van der Waals surface area contributed by atoms with E-state index in [-0.39, 0.29) is 18.1 Å². The van der Waals surface area contributed by atoms with Crippen LogP contribution in [0, 0.1) is 0 Å². The van der Waals surface area contributed by atoms with Crippen LogP contribution in [0.2, 0.25) is 0 Å². The summed E-state index contributed by atoms with van der Waals surface area (Å²) in [5, 5.41) is 11.8. The van der Waals surface area contributed by atoms with Gasteiger partial charge in [-0.2, -0.15) is 0 Å². The van der Waals surface area contributed by atoms with E-state index in [1.807, 2.05) is 12.1 Å². The number of methoxy groups -OCH3 is 1. The Hall–Kier alpha value is -3.80. The summed E-state index contributed by atoms with van der Waals surface area (Å²) in [5.41, 5.74) is 2.03. The molecule has 1 amide bonds. The summed E-state index contributed by atoms with van der Waals surface area (Å²) in [6.45, 7) is 0.230. The topological polar surface area (TPSA) is 84.9 Å². The highest BCUT2D eigenvalue weighted by atomic mass is 16.5. The number of carbonyl (C=O) groups excluding carboxylic acids is 1. The van der Waals surface area contributed by atoms with Crippen molar-refractivity contribution in [3.63, 3.8) is 0 Å². The molecule has 28 heavy (non-hydrogen) atoms. The van der Waals surface area contributed by atoms with Crippen LogP contribution in [-0.4, -0.2) is 24.1 Å². The zero-order chi connectivity index (χ0) is 19.9. The highest BCUT2D eigenvalue weighted by Crippen LogP contribution is 2.24. The second kappa shape index (κ2) is 8.73. The molecule has 0 saturated heterocycles. The van der Waals surface area contributed by atoms with Gasteiger partial charge in [0, 0.05) is 5.56 Å². The number of nitrogens with one attached hydrogen (secondary N) is 1. The van der Waals surface area contributed by atoms with Gasteiger partial charge in [0.05, 0.1) is 18.4 Å². The van der Waals surface area contributed by atoms with Gasteiger partial charge in [0.15, 0.2) is 0 Å². The van der Waals surface area contributed by atoms with Crippen LogP contribution in [0.3, 0.4) is 0 Å². The number of hydrogen-bond donors (Lipinski definition) is 2. The summed E-state index contributed by atoms with van der Waals surface area (Å²) in [6, 6.07) is 20.4. The first-order valence-electron chi connectivity index (χ1n) is 8.56. The summed E-state index contributed by atoms with van der Waals surface area (Å²) in [7, 11) is 1.54. The summed E-state index contributed by atoms with van der Waals surface area (Å²) in [4.78, 5) is 23.4. The second-order valence-electron chi connectivity index (χ2n) is 5.97. The predicted molar refractivity (Wildman–Crippen MR) is 105 cm³/mol. The number of benzene rings is 3. The van der Waals surface area contributed by atoms with Gasteiger partial charge in [-0.3, -0.25) is 4.79 Å². The van der Waals surface area contributed by atoms with Gasteiger partial charge in [-0.15, -0.1) is 0 Å². The number of ether oxygens (including phenoxy) is 2. The molecule has 3 aromatic carbocycles. The molecule has 0 aliphatic heterocycles. The minimum atomic E-state index is -0.979. The number of amides is 1. The van der Waals surface area contributed by atoms with Crippen molar-refractivity contribution in [2.24, 2.45) is 0 Å². The average Bonchev–Trinajstić information content (AvgIpc) is 2.73. The zero-order valence-corrected chi connectivity index (χ0v) is 15.2. The highest BCUT2D eigenvalue weighted by Gasteiger charge is 2.10. The summed E-state index contributed by atoms with van der Waals surface area (Å²) < 4.78 is 10.9. The molecule has 0 aromatic heterocycles. The van der Waals surface area contributed by atoms with Crippen molar-refractivity contribution >= 4 is 17.6 Å². The molecule has 0 aliphatic rings. The van der Waals surface area contributed by atoms with Crippen molar-refractivity contribution in [2.75, 3.05) is 12.4 Å². The van der Waals surface area contributed by atoms with Gasteiger partial charge in [0.25, 0.3) is 5.91 Å². The summed E-state index contributed by atoms with van der Waals surface area (Å²) in [6.07, 6.45) is 0. The Kier molecular flexibility index (Phi) is 5.91. The van der Waals surface area contributed by atoms with E-state index < -0.39 is 5.97 Å². The number of carboxylic acids is 1. The molecule has 0 saturated carbocycles. The molecule has 0 atom stereocenters. The first-order valence-corrected chi connectivity index (χ1v) is 8.56. The SMILES string of the molecule is COc1ccccc1NC(=O)c1ccc(OCc2cccc(C(=O)O)c2)cc1. The number of carboxylic acid groups (broad SMARTS) is 1. The van der Waals surface area contributed by atoms with E-state index in [2.05, 4.69) is 5.32 Å². The fourth-order valence-electron chi connectivity index (χ4n) is 2.61. The number of carbonyl (C=O) groups is 2. The van der Waals surface area contributed by atoms with Crippen molar-refractivity contribution in [3.05, 3.63) is 89.5 Å². The molecule has 0 unspecified atom stereocenters. The van der Waals surface area contributed by atoms with Crippen LogP contribution in [0.15, 0.2) is 72.8 Å². The Morgan fingerprint density at radius 3 is 2.39 bits per heavy atom.